The lowest BCUT2D eigenvalue weighted by atomic mass is 9.95. The number of hydrogen-bond acceptors (Lipinski definition) is 3. The maximum Gasteiger partial charge on any atom is 0.326 e. The number of aliphatic carboxylic acids is 1. The average Bonchev–Trinajstić information content (AvgIpc) is 2.61. The van der Waals surface area contributed by atoms with Crippen LogP contribution >= 0.6 is 0 Å². The lowest BCUT2D eigenvalue weighted by Crippen LogP contribution is -2.51. The number of halogens is 1. The zero-order chi connectivity index (χ0) is 18.0. The van der Waals surface area contributed by atoms with Gasteiger partial charge in [-0.1, -0.05) is 36.4 Å². The summed E-state index contributed by atoms with van der Waals surface area (Å²) in [5.41, 5.74) is 0.950. The van der Waals surface area contributed by atoms with Crippen LogP contribution in [0.1, 0.15) is 23.2 Å². The molecule has 25 heavy (non-hydrogen) atoms. The largest absolute Gasteiger partial charge is 0.480 e. The highest BCUT2D eigenvalue weighted by molar-refractivity contribution is 6.02. The van der Waals surface area contributed by atoms with E-state index in [2.05, 4.69) is 0 Å². The Labute approximate surface area is 144 Å². The van der Waals surface area contributed by atoms with Gasteiger partial charge in [0, 0.05) is 24.1 Å². The Bertz CT molecular complexity index is 808. The molecule has 3 rings (SSSR count). The number of likely N-dealkylation sites (tertiary alicyclic amines) is 1. The van der Waals surface area contributed by atoms with Gasteiger partial charge in [0.25, 0.3) is 5.91 Å². The second-order valence-electron chi connectivity index (χ2n) is 6.06. The Morgan fingerprint density at radius 1 is 1.04 bits per heavy atom. The van der Waals surface area contributed by atoms with Crippen LogP contribution in [0.2, 0.25) is 0 Å². The average molecular weight is 343 g/mol. The standard InChI is InChI=1S/C19H18FNO4/c20-16-8-4-3-6-14(16)13-5-1-2-7-15(13)18(23)21-10-9-12(22)11-17(21)19(24)25/h1-8,12,17,22H,9-11H2,(H,24,25)/t12-,17+/m1/s1. The maximum atomic E-state index is 14.2. The molecular weight excluding hydrogens is 325 g/mol. The third-order valence-electron chi connectivity index (χ3n) is 4.44. The van der Waals surface area contributed by atoms with E-state index in [4.69, 9.17) is 0 Å². The van der Waals surface area contributed by atoms with E-state index in [9.17, 15) is 24.2 Å². The van der Waals surface area contributed by atoms with Gasteiger partial charge in [0.1, 0.15) is 11.9 Å². The van der Waals surface area contributed by atoms with Crippen LogP contribution in [0.5, 0.6) is 0 Å². The third-order valence-corrected chi connectivity index (χ3v) is 4.44. The number of carboxylic acids is 1. The fourth-order valence-corrected chi connectivity index (χ4v) is 3.16. The highest BCUT2D eigenvalue weighted by Gasteiger charge is 2.36. The number of nitrogens with zero attached hydrogens (tertiary/aromatic N) is 1. The normalized spacial score (nSPS) is 20.3. The lowest BCUT2D eigenvalue weighted by molar-refractivity contribution is -0.145. The van der Waals surface area contributed by atoms with Crippen molar-refractivity contribution in [3.63, 3.8) is 0 Å². The van der Waals surface area contributed by atoms with Crippen molar-refractivity contribution in [3.8, 4) is 11.1 Å². The van der Waals surface area contributed by atoms with E-state index in [1.165, 1.54) is 11.0 Å². The molecule has 0 aromatic heterocycles. The number of carboxylic acid groups (broad SMARTS) is 1. The second kappa shape index (κ2) is 7.03. The van der Waals surface area contributed by atoms with Crippen molar-refractivity contribution >= 4 is 11.9 Å². The molecule has 0 saturated carbocycles. The van der Waals surface area contributed by atoms with Crippen molar-refractivity contribution in [3.05, 3.63) is 59.9 Å². The third kappa shape index (κ3) is 3.39. The molecule has 0 radical (unpaired) electrons. The molecule has 0 spiro atoms. The van der Waals surface area contributed by atoms with Crippen molar-refractivity contribution in [2.45, 2.75) is 25.0 Å². The zero-order valence-corrected chi connectivity index (χ0v) is 13.4. The zero-order valence-electron chi connectivity index (χ0n) is 13.4. The van der Waals surface area contributed by atoms with Gasteiger partial charge in [-0.05, 0) is 24.1 Å². The molecule has 1 aliphatic heterocycles. The quantitative estimate of drug-likeness (QED) is 0.898. The number of carbonyl (C=O) groups is 2. The summed E-state index contributed by atoms with van der Waals surface area (Å²) in [5, 5.41) is 19.1. The minimum atomic E-state index is -1.16. The van der Waals surface area contributed by atoms with Crippen LogP contribution in [-0.4, -0.2) is 45.7 Å². The number of rotatable bonds is 3. The molecule has 5 nitrogen and oxygen atoms in total. The van der Waals surface area contributed by atoms with Crippen LogP contribution in [0.4, 0.5) is 4.39 Å². The van der Waals surface area contributed by atoms with Crippen molar-refractivity contribution in [1.82, 2.24) is 4.90 Å². The molecule has 2 aromatic rings. The summed E-state index contributed by atoms with van der Waals surface area (Å²) in [6.07, 6.45) is -0.438. The number of hydrogen-bond donors (Lipinski definition) is 2. The molecule has 130 valence electrons. The first-order valence-corrected chi connectivity index (χ1v) is 8.05. The maximum absolute atomic E-state index is 14.2. The van der Waals surface area contributed by atoms with Gasteiger partial charge < -0.3 is 15.1 Å². The van der Waals surface area contributed by atoms with Crippen molar-refractivity contribution in [1.29, 1.82) is 0 Å². The van der Waals surface area contributed by atoms with Crippen molar-refractivity contribution in [2.24, 2.45) is 0 Å². The minimum Gasteiger partial charge on any atom is -0.480 e. The molecule has 0 aliphatic carbocycles. The van der Waals surface area contributed by atoms with E-state index >= 15 is 0 Å². The van der Waals surface area contributed by atoms with E-state index in [1.807, 2.05) is 0 Å². The molecule has 0 unspecified atom stereocenters. The first-order valence-electron chi connectivity index (χ1n) is 8.05. The van der Waals surface area contributed by atoms with Crippen LogP contribution in [-0.2, 0) is 4.79 Å². The molecular formula is C19H18FNO4. The minimum absolute atomic E-state index is 0.0110. The Morgan fingerprint density at radius 3 is 2.36 bits per heavy atom. The van der Waals surface area contributed by atoms with Gasteiger partial charge in [-0.15, -0.1) is 0 Å². The van der Waals surface area contributed by atoms with Crippen molar-refractivity contribution in [2.75, 3.05) is 6.54 Å². The van der Waals surface area contributed by atoms with E-state index in [-0.39, 0.29) is 24.1 Å². The van der Waals surface area contributed by atoms with Gasteiger partial charge in [0.05, 0.1) is 6.10 Å². The Morgan fingerprint density at radius 2 is 1.68 bits per heavy atom. The molecule has 0 bridgehead atoms. The number of aliphatic hydroxyl groups excluding tert-OH is 1. The van der Waals surface area contributed by atoms with Gasteiger partial charge in [-0.3, -0.25) is 4.79 Å². The number of carbonyl (C=O) groups excluding carboxylic acids is 1. The van der Waals surface area contributed by atoms with E-state index in [1.54, 1.807) is 42.5 Å². The highest BCUT2D eigenvalue weighted by atomic mass is 19.1. The molecule has 1 heterocycles. The smallest absolute Gasteiger partial charge is 0.326 e. The van der Waals surface area contributed by atoms with Crippen molar-refractivity contribution < 1.29 is 24.2 Å². The fourth-order valence-electron chi connectivity index (χ4n) is 3.16. The van der Waals surface area contributed by atoms with E-state index in [0.717, 1.165) is 0 Å². The van der Waals surface area contributed by atoms with Gasteiger partial charge in [0.15, 0.2) is 0 Å². The lowest BCUT2D eigenvalue weighted by Gasteiger charge is -2.35. The summed E-state index contributed by atoms with van der Waals surface area (Å²) in [5.74, 6) is -2.08. The molecule has 1 saturated heterocycles. The molecule has 2 atom stereocenters. The van der Waals surface area contributed by atoms with Crippen LogP contribution < -0.4 is 0 Å². The van der Waals surface area contributed by atoms with Gasteiger partial charge >= 0.3 is 5.97 Å². The number of benzene rings is 2. The molecule has 2 N–H and O–H groups in total. The number of aliphatic hydroxyl groups is 1. The monoisotopic (exact) mass is 343 g/mol. The molecule has 2 aromatic carbocycles. The molecule has 1 aliphatic rings. The van der Waals surface area contributed by atoms with Gasteiger partial charge in [0.2, 0.25) is 0 Å². The van der Waals surface area contributed by atoms with E-state index in [0.29, 0.717) is 12.0 Å². The predicted octanol–water partition coefficient (Wildman–Crippen LogP) is 2.54. The Kier molecular flexibility index (Phi) is 4.81. The van der Waals surface area contributed by atoms with E-state index < -0.39 is 29.8 Å². The van der Waals surface area contributed by atoms with Gasteiger partial charge in [-0.2, -0.15) is 0 Å². The topological polar surface area (TPSA) is 77.8 Å². The van der Waals surface area contributed by atoms with Gasteiger partial charge in [-0.25, -0.2) is 9.18 Å². The van der Waals surface area contributed by atoms with Crippen LogP contribution in [0, 0.1) is 5.82 Å². The first kappa shape index (κ1) is 17.1. The van der Waals surface area contributed by atoms with Crippen LogP contribution in [0.25, 0.3) is 11.1 Å². The number of amides is 1. The summed E-state index contributed by atoms with van der Waals surface area (Å²) >= 11 is 0. The van der Waals surface area contributed by atoms with Crippen LogP contribution in [0.15, 0.2) is 48.5 Å². The molecule has 6 heteroatoms. The van der Waals surface area contributed by atoms with Crippen LogP contribution in [0.3, 0.4) is 0 Å². The summed E-state index contributed by atoms with van der Waals surface area (Å²) in [6, 6.07) is 11.6. The summed E-state index contributed by atoms with van der Waals surface area (Å²) < 4.78 is 14.2. The predicted molar refractivity (Wildman–Crippen MR) is 89.5 cm³/mol. The summed E-state index contributed by atoms with van der Waals surface area (Å²) in [4.78, 5) is 25.7. The molecule has 1 fully saturated rings. The first-order chi connectivity index (χ1) is 12.0. The Balaban J connectivity index is 2.01. The summed E-state index contributed by atoms with van der Waals surface area (Å²) in [7, 11) is 0. The SMILES string of the molecule is O=C(O)[C@@H]1C[C@H](O)CCN1C(=O)c1ccccc1-c1ccccc1F. The second-order valence-corrected chi connectivity index (χ2v) is 6.06. The highest BCUT2D eigenvalue weighted by Crippen LogP contribution is 2.29. The summed E-state index contributed by atoms with van der Waals surface area (Å²) in [6.45, 7) is 0.141. The Hall–Kier alpha value is -2.73. The fraction of sp³-hybridized carbons (Fsp3) is 0.263. The number of piperidine rings is 1. The molecule has 1 amide bonds.